The highest BCUT2D eigenvalue weighted by molar-refractivity contribution is 7.19. The van der Waals surface area contributed by atoms with Gasteiger partial charge in [0, 0.05) is 6.20 Å². The molecule has 0 aliphatic carbocycles. The zero-order valence-corrected chi connectivity index (χ0v) is 13.2. The van der Waals surface area contributed by atoms with E-state index in [2.05, 4.69) is 4.98 Å². The van der Waals surface area contributed by atoms with Crippen molar-refractivity contribution >= 4 is 15.1 Å². The van der Waals surface area contributed by atoms with E-state index in [4.69, 9.17) is 10.5 Å². The third-order valence-corrected chi connectivity index (χ3v) is 5.52. The molecule has 1 aliphatic heterocycles. The molecule has 1 aromatic rings. The minimum atomic E-state index is -2.46. The molecule has 21 heavy (non-hydrogen) atoms. The van der Waals surface area contributed by atoms with Crippen molar-refractivity contribution in [3.63, 3.8) is 0 Å². The highest BCUT2D eigenvalue weighted by atomic mass is 31.0. The molecule has 0 bridgehead atoms. The average molecular weight is 319 g/mol. The summed E-state index contributed by atoms with van der Waals surface area (Å²) >= 11 is 0. The number of nitrogens with two attached hydrogens (primary N) is 1. The molecule has 0 amide bonds. The third kappa shape index (κ3) is 1.86. The Balaban J connectivity index is 2.70. The van der Waals surface area contributed by atoms with Crippen molar-refractivity contribution in [3.8, 4) is 0 Å². The zero-order valence-electron chi connectivity index (χ0n) is 12.0. The first-order valence-corrected chi connectivity index (χ1v) is 6.87. The van der Waals surface area contributed by atoms with Crippen molar-refractivity contribution < 1.29 is 19.3 Å². The number of halogens is 1. The van der Waals surface area contributed by atoms with Crippen molar-refractivity contribution in [1.29, 1.82) is 0 Å². The first-order valence-electron chi connectivity index (χ1n) is 6.30. The lowest BCUT2D eigenvalue weighted by atomic mass is 9.82. The summed E-state index contributed by atoms with van der Waals surface area (Å²) in [4.78, 5) is 15.5. The van der Waals surface area contributed by atoms with Gasteiger partial charge in [0.1, 0.15) is 17.0 Å². The van der Waals surface area contributed by atoms with Gasteiger partial charge in [-0.2, -0.15) is 4.98 Å². The fraction of sp³-hybridized carbons (Fsp3) is 0.667. The van der Waals surface area contributed by atoms with Gasteiger partial charge in [0.2, 0.25) is 5.41 Å². The zero-order chi connectivity index (χ0) is 16.3. The van der Waals surface area contributed by atoms with Crippen LogP contribution in [-0.2, 0) is 10.5 Å². The molecule has 5 atom stereocenters. The van der Waals surface area contributed by atoms with Gasteiger partial charge < -0.3 is 20.7 Å². The summed E-state index contributed by atoms with van der Waals surface area (Å²) in [5.41, 5.74) is -0.982. The second-order valence-corrected chi connectivity index (χ2v) is 6.56. The Morgan fingerprint density at radius 1 is 1.52 bits per heavy atom. The van der Waals surface area contributed by atoms with Crippen molar-refractivity contribution in [3.05, 3.63) is 22.7 Å². The van der Waals surface area contributed by atoms with E-state index in [0.29, 0.717) is 0 Å². The van der Waals surface area contributed by atoms with E-state index >= 15 is 4.39 Å². The fourth-order valence-electron chi connectivity index (χ4n) is 2.60. The van der Waals surface area contributed by atoms with Gasteiger partial charge in [-0.3, -0.25) is 4.57 Å². The molecule has 1 aliphatic rings. The van der Waals surface area contributed by atoms with Crippen LogP contribution in [0.4, 0.5) is 10.2 Å². The minimum Gasteiger partial charge on any atom is -0.393 e. The van der Waals surface area contributed by atoms with Gasteiger partial charge in [0.25, 0.3) is 0 Å². The largest absolute Gasteiger partial charge is 0.393 e. The molecule has 0 aromatic carbocycles. The lowest BCUT2D eigenvalue weighted by molar-refractivity contribution is -0.181. The van der Waals surface area contributed by atoms with Crippen LogP contribution < -0.4 is 11.4 Å². The molecule has 1 fully saturated rings. The molecule has 4 unspecified atom stereocenters. The molecule has 1 saturated heterocycles. The smallest absolute Gasteiger partial charge is 0.351 e. The van der Waals surface area contributed by atoms with E-state index < -0.39 is 34.6 Å². The summed E-state index contributed by atoms with van der Waals surface area (Å²) in [6.07, 6.45) is 1.24. The molecular formula is C12H19FN3O4P. The molecule has 7 nitrogen and oxygen atoms in total. The van der Waals surface area contributed by atoms with Gasteiger partial charge in [-0.1, -0.05) is 9.24 Å². The molecule has 0 radical (unpaired) electrons. The number of nitrogen functional groups attached to an aromatic ring is 1. The van der Waals surface area contributed by atoms with Crippen molar-refractivity contribution in [2.75, 3.05) is 12.3 Å². The number of rotatable bonds is 2. The van der Waals surface area contributed by atoms with Gasteiger partial charge in [-0.15, -0.1) is 0 Å². The predicted molar refractivity (Wildman–Crippen MR) is 77.3 cm³/mol. The summed E-state index contributed by atoms with van der Waals surface area (Å²) in [7, 11) is 1.88. The topological polar surface area (TPSA) is 111 Å². The maximum atomic E-state index is 15.3. The van der Waals surface area contributed by atoms with E-state index in [1.165, 1.54) is 33.0 Å². The highest BCUT2D eigenvalue weighted by Gasteiger charge is 2.74. The summed E-state index contributed by atoms with van der Waals surface area (Å²) in [6.45, 7) is 3.24. The Morgan fingerprint density at radius 2 is 2.10 bits per heavy atom. The highest BCUT2D eigenvalue weighted by Crippen LogP contribution is 2.59. The Bertz CT molecular complexity index is 635. The van der Waals surface area contributed by atoms with Gasteiger partial charge in [-0.05, 0) is 26.8 Å². The maximum Gasteiger partial charge on any atom is 0.351 e. The first kappa shape index (κ1) is 16.3. The molecule has 0 saturated carbocycles. The van der Waals surface area contributed by atoms with Gasteiger partial charge >= 0.3 is 5.69 Å². The number of ether oxygens (including phenoxy) is 1. The Labute approximate surface area is 123 Å². The lowest BCUT2D eigenvalue weighted by Crippen LogP contribution is -2.59. The Morgan fingerprint density at radius 3 is 2.52 bits per heavy atom. The second-order valence-electron chi connectivity index (χ2n) is 5.76. The average Bonchev–Trinajstić information content (AvgIpc) is 2.46. The van der Waals surface area contributed by atoms with Gasteiger partial charge in [-0.25, -0.2) is 9.18 Å². The van der Waals surface area contributed by atoms with E-state index in [0.717, 1.165) is 4.57 Å². The van der Waals surface area contributed by atoms with Gasteiger partial charge in [0.15, 0.2) is 5.72 Å². The number of aliphatic hydroxyl groups is 2. The normalized spacial score (nSPS) is 43.2. The minimum absolute atomic E-state index is 0.0114. The monoisotopic (exact) mass is 319 g/mol. The van der Waals surface area contributed by atoms with E-state index in [1.807, 2.05) is 9.24 Å². The van der Waals surface area contributed by atoms with Crippen molar-refractivity contribution in [2.45, 2.75) is 43.1 Å². The predicted octanol–water partition coefficient (Wildman–Crippen LogP) is -0.429. The Hall–Kier alpha value is -1.08. The quantitative estimate of drug-likeness (QED) is 0.638. The molecule has 118 valence electrons. The first-order chi connectivity index (χ1) is 9.43. The molecule has 9 heteroatoms. The van der Waals surface area contributed by atoms with Crippen LogP contribution >= 0.6 is 9.24 Å². The third-order valence-electron chi connectivity index (χ3n) is 4.42. The molecule has 1 aromatic heterocycles. The number of hydrogen-bond donors (Lipinski definition) is 3. The van der Waals surface area contributed by atoms with Crippen LogP contribution in [0.3, 0.4) is 0 Å². The van der Waals surface area contributed by atoms with Crippen LogP contribution in [0.5, 0.6) is 0 Å². The summed E-state index contributed by atoms with van der Waals surface area (Å²) < 4.78 is 21.9. The van der Waals surface area contributed by atoms with E-state index in [1.54, 1.807) is 0 Å². The number of nitrogens with zero attached hydrogens (tertiary/aromatic N) is 2. The van der Waals surface area contributed by atoms with Crippen molar-refractivity contribution in [1.82, 2.24) is 9.55 Å². The molecular weight excluding hydrogens is 300 g/mol. The SMILES string of the molecule is CC1(n2ccc(N)nc2=O)OC(C)(CO)[C@](C)(O)C1(F)P. The van der Waals surface area contributed by atoms with Crippen LogP contribution in [0.25, 0.3) is 0 Å². The molecule has 2 rings (SSSR count). The molecule has 0 spiro atoms. The van der Waals surface area contributed by atoms with Gasteiger partial charge in [0.05, 0.1) is 6.61 Å². The van der Waals surface area contributed by atoms with Crippen LogP contribution in [-0.4, -0.2) is 43.0 Å². The van der Waals surface area contributed by atoms with Crippen LogP contribution in [0.15, 0.2) is 17.1 Å². The van der Waals surface area contributed by atoms with Crippen LogP contribution in [0, 0.1) is 0 Å². The van der Waals surface area contributed by atoms with E-state index in [-0.39, 0.29) is 5.82 Å². The van der Waals surface area contributed by atoms with Crippen molar-refractivity contribution in [2.24, 2.45) is 0 Å². The van der Waals surface area contributed by atoms with E-state index in [9.17, 15) is 15.0 Å². The van der Waals surface area contributed by atoms with Crippen LogP contribution in [0.1, 0.15) is 20.8 Å². The Kier molecular flexibility index (Phi) is 3.46. The number of aromatic nitrogens is 2. The summed E-state index contributed by atoms with van der Waals surface area (Å²) in [6, 6.07) is 1.32. The number of hydrogen-bond acceptors (Lipinski definition) is 6. The standard InChI is InChI=1S/C12H19FN3O4P/c1-9(6-17)10(2,19)12(13,21)11(3,20-9)16-5-4-7(14)15-8(16)18/h4-5,17,19H,6,21H2,1-3H3,(H2,14,15,18)/t9?,10-,11?,12?/m0/s1. The maximum absolute atomic E-state index is 15.3. The van der Waals surface area contributed by atoms with Crippen LogP contribution in [0.2, 0.25) is 0 Å². The summed E-state index contributed by atoms with van der Waals surface area (Å²) in [5.74, 6) is -0.0114. The number of aliphatic hydroxyl groups excluding tert-OH is 1. The fourth-order valence-corrected chi connectivity index (χ4v) is 3.10. The second kappa shape index (κ2) is 4.46. The number of alkyl halides is 1. The summed E-state index contributed by atoms with van der Waals surface area (Å²) in [5, 5.41) is 17.6. The molecule has 2 heterocycles. The lowest BCUT2D eigenvalue weighted by Gasteiger charge is -2.39. The molecule has 4 N–H and O–H groups in total. The number of anilines is 1.